The second-order valence-electron chi connectivity index (χ2n) is 6.21. The van der Waals surface area contributed by atoms with Crippen molar-refractivity contribution in [3.63, 3.8) is 0 Å². The Morgan fingerprint density at radius 2 is 1.85 bits per heavy atom. The molecule has 4 rings (SSSR count). The van der Waals surface area contributed by atoms with Gasteiger partial charge in [-0.05, 0) is 28.1 Å². The van der Waals surface area contributed by atoms with Crippen molar-refractivity contribution in [3.05, 3.63) is 72.8 Å². The molecule has 2 aromatic heterocycles. The Kier molecular flexibility index (Phi) is 4.86. The molecule has 0 saturated carbocycles. The maximum Gasteiger partial charge on any atom is 0.245 e. The van der Waals surface area contributed by atoms with Crippen LogP contribution < -0.4 is 5.32 Å². The lowest BCUT2D eigenvalue weighted by molar-refractivity contribution is -0.124. The Morgan fingerprint density at radius 1 is 1.04 bits per heavy atom. The molecule has 2 heterocycles. The largest absolute Gasteiger partial charge is 0.352 e. The number of nitrogens with zero attached hydrogens (tertiary/aromatic N) is 6. The van der Waals surface area contributed by atoms with E-state index in [0.717, 1.165) is 16.6 Å². The first-order chi connectivity index (χ1) is 13.3. The normalized spacial score (nSPS) is 12.1. The van der Waals surface area contributed by atoms with Crippen LogP contribution in [0.3, 0.4) is 0 Å². The minimum atomic E-state index is -0.498. The molecule has 8 heteroatoms. The quantitative estimate of drug-likeness (QED) is 0.540. The van der Waals surface area contributed by atoms with Gasteiger partial charge in [-0.2, -0.15) is 0 Å². The van der Waals surface area contributed by atoms with E-state index >= 15 is 0 Å². The molecule has 0 spiro atoms. The third kappa shape index (κ3) is 3.84. The fourth-order valence-electron chi connectivity index (χ4n) is 3.06. The molecule has 1 atom stereocenters. The van der Waals surface area contributed by atoms with Crippen molar-refractivity contribution in [2.24, 2.45) is 0 Å². The van der Waals surface area contributed by atoms with E-state index in [1.54, 1.807) is 6.33 Å². The molecular formula is C19H19N7O. The fourth-order valence-corrected chi connectivity index (χ4v) is 3.06. The average molecular weight is 361 g/mol. The monoisotopic (exact) mass is 361 g/mol. The highest BCUT2D eigenvalue weighted by atomic mass is 16.2. The third-order valence-electron chi connectivity index (χ3n) is 4.44. The molecule has 27 heavy (non-hydrogen) atoms. The molecule has 4 aromatic rings. The Morgan fingerprint density at radius 3 is 2.67 bits per heavy atom. The molecule has 1 N–H and O–H groups in total. The van der Waals surface area contributed by atoms with E-state index in [2.05, 4.69) is 25.8 Å². The summed E-state index contributed by atoms with van der Waals surface area (Å²) in [6.07, 6.45) is 3.78. The van der Waals surface area contributed by atoms with Crippen molar-refractivity contribution in [1.82, 2.24) is 35.1 Å². The molecular weight excluding hydrogens is 342 g/mol. The third-order valence-corrected chi connectivity index (χ3v) is 4.44. The van der Waals surface area contributed by atoms with Crippen LogP contribution in [0.4, 0.5) is 0 Å². The number of amides is 1. The molecule has 0 aliphatic carbocycles. The molecule has 8 nitrogen and oxygen atoms in total. The van der Waals surface area contributed by atoms with Crippen molar-refractivity contribution < 1.29 is 4.79 Å². The van der Waals surface area contributed by atoms with Gasteiger partial charge < -0.3 is 9.88 Å². The second kappa shape index (κ2) is 7.77. The van der Waals surface area contributed by atoms with Gasteiger partial charge in [0.1, 0.15) is 12.4 Å². The predicted octanol–water partition coefficient (Wildman–Crippen LogP) is 1.62. The van der Waals surface area contributed by atoms with Gasteiger partial charge in [0.15, 0.2) is 0 Å². The van der Waals surface area contributed by atoms with E-state index in [1.807, 2.05) is 59.2 Å². The smallest absolute Gasteiger partial charge is 0.245 e. The molecule has 0 unspecified atom stereocenters. The van der Waals surface area contributed by atoms with E-state index in [4.69, 9.17) is 0 Å². The number of carbonyl (C=O) groups excluding carboxylic acids is 1. The summed E-state index contributed by atoms with van der Waals surface area (Å²) in [5.41, 5.74) is 3.04. The topological polar surface area (TPSA) is 90.5 Å². The van der Waals surface area contributed by atoms with E-state index in [0.29, 0.717) is 19.5 Å². The number of tetrazole rings is 1. The van der Waals surface area contributed by atoms with Crippen LogP contribution in [-0.4, -0.2) is 42.2 Å². The average Bonchev–Trinajstić information content (AvgIpc) is 3.37. The number of benzene rings is 2. The number of hydrogen-bond donors (Lipinski definition) is 1. The van der Waals surface area contributed by atoms with Gasteiger partial charge >= 0.3 is 0 Å². The number of carbonyl (C=O) groups is 1. The first-order valence-corrected chi connectivity index (χ1v) is 8.75. The van der Waals surface area contributed by atoms with E-state index < -0.39 is 6.04 Å². The molecule has 1 amide bonds. The number of fused-ring (bicyclic) bond motifs is 1. The Hall–Kier alpha value is -3.55. The number of imidazole rings is 1. The Bertz CT molecular complexity index is 1010. The van der Waals surface area contributed by atoms with Crippen LogP contribution in [0.2, 0.25) is 0 Å². The van der Waals surface area contributed by atoms with Crippen LogP contribution >= 0.6 is 0 Å². The molecule has 0 aliphatic rings. The molecule has 0 bridgehead atoms. The van der Waals surface area contributed by atoms with Gasteiger partial charge in [0.2, 0.25) is 5.91 Å². The van der Waals surface area contributed by atoms with Gasteiger partial charge in [-0.15, -0.1) is 5.10 Å². The first kappa shape index (κ1) is 16.9. The van der Waals surface area contributed by atoms with Crippen molar-refractivity contribution >= 4 is 16.9 Å². The summed E-state index contributed by atoms with van der Waals surface area (Å²) in [4.78, 5) is 17.2. The summed E-state index contributed by atoms with van der Waals surface area (Å²) >= 11 is 0. The maximum absolute atomic E-state index is 12.8. The highest BCUT2D eigenvalue weighted by molar-refractivity contribution is 5.80. The van der Waals surface area contributed by atoms with Crippen LogP contribution in [0.5, 0.6) is 0 Å². The molecule has 0 aliphatic heterocycles. The van der Waals surface area contributed by atoms with E-state index in [1.165, 1.54) is 11.0 Å². The number of hydrogen-bond acceptors (Lipinski definition) is 5. The number of para-hydroxylation sites is 2. The SMILES string of the molecule is O=C(NCCn1cnc2ccccc21)[C@H](Cc1ccccc1)n1cnnn1. The fraction of sp³-hybridized carbons (Fsp3) is 0.211. The molecule has 0 radical (unpaired) electrons. The van der Waals surface area contributed by atoms with Gasteiger partial charge in [0.05, 0.1) is 17.4 Å². The zero-order valence-electron chi connectivity index (χ0n) is 14.6. The van der Waals surface area contributed by atoms with Crippen molar-refractivity contribution in [2.75, 3.05) is 6.54 Å². The van der Waals surface area contributed by atoms with Crippen LogP contribution in [0.1, 0.15) is 11.6 Å². The van der Waals surface area contributed by atoms with Crippen molar-refractivity contribution in [2.45, 2.75) is 19.0 Å². The molecule has 0 fully saturated rings. The van der Waals surface area contributed by atoms with Crippen molar-refractivity contribution in [1.29, 1.82) is 0 Å². The lowest BCUT2D eigenvalue weighted by Gasteiger charge is -2.16. The maximum atomic E-state index is 12.8. The summed E-state index contributed by atoms with van der Waals surface area (Å²) < 4.78 is 3.52. The minimum absolute atomic E-state index is 0.115. The number of aromatic nitrogens is 6. The Labute approximate surface area is 155 Å². The number of nitrogens with one attached hydrogen (secondary N) is 1. The van der Waals surface area contributed by atoms with E-state index in [9.17, 15) is 4.79 Å². The summed E-state index contributed by atoms with van der Waals surface area (Å²) in [7, 11) is 0. The van der Waals surface area contributed by atoms with E-state index in [-0.39, 0.29) is 5.91 Å². The standard InChI is InChI=1S/C19H19N7O/c27-19(20-10-11-25-13-21-16-8-4-5-9-17(16)25)18(26-14-22-23-24-26)12-15-6-2-1-3-7-15/h1-9,13-14,18H,10-12H2,(H,20,27)/t18-/m0/s1. The van der Waals surface area contributed by atoms with Crippen molar-refractivity contribution in [3.8, 4) is 0 Å². The number of rotatable bonds is 7. The van der Waals surface area contributed by atoms with Crippen LogP contribution in [0.25, 0.3) is 11.0 Å². The van der Waals surface area contributed by atoms with Gasteiger partial charge in [0.25, 0.3) is 0 Å². The summed E-state index contributed by atoms with van der Waals surface area (Å²) in [5, 5.41) is 14.2. The molecule has 0 saturated heterocycles. The van der Waals surface area contributed by atoms with Gasteiger partial charge in [-0.25, -0.2) is 9.67 Å². The lowest BCUT2D eigenvalue weighted by atomic mass is 10.1. The minimum Gasteiger partial charge on any atom is -0.352 e. The van der Waals surface area contributed by atoms with Crippen LogP contribution in [-0.2, 0) is 17.8 Å². The first-order valence-electron chi connectivity index (χ1n) is 8.75. The Balaban J connectivity index is 1.42. The summed E-state index contributed by atoms with van der Waals surface area (Å²) in [6.45, 7) is 1.13. The van der Waals surface area contributed by atoms with Crippen LogP contribution in [0.15, 0.2) is 67.3 Å². The summed E-state index contributed by atoms with van der Waals surface area (Å²) in [6, 6.07) is 17.3. The molecule has 2 aromatic carbocycles. The zero-order chi connectivity index (χ0) is 18.5. The molecule has 136 valence electrons. The van der Waals surface area contributed by atoms with Gasteiger partial charge in [-0.1, -0.05) is 42.5 Å². The lowest BCUT2D eigenvalue weighted by Crippen LogP contribution is -2.36. The highest BCUT2D eigenvalue weighted by Crippen LogP contribution is 2.14. The van der Waals surface area contributed by atoms with Gasteiger partial charge in [0, 0.05) is 19.5 Å². The zero-order valence-corrected chi connectivity index (χ0v) is 14.6. The highest BCUT2D eigenvalue weighted by Gasteiger charge is 2.22. The second-order valence-corrected chi connectivity index (χ2v) is 6.21. The van der Waals surface area contributed by atoms with Crippen LogP contribution in [0, 0.1) is 0 Å². The van der Waals surface area contributed by atoms with Gasteiger partial charge in [-0.3, -0.25) is 4.79 Å². The summed E-state index contributed by atoms with van der Waals surface area (Å²) in [5.74, 6) is -0.115. The predicted molar refractivity (Wildman–Crippen MR) is 99.7 cm³/mol.